The third kappa shape index (κ3) is 6.08. The average molecular weight is 570 g/mol. The van der Waals surface area contributed by atoms with E-state index in [1.54, 1.807) is 30.5 Å². The largest absolute Gasteiger partial charge is 0.453 e. The monoisotopic (exact) mass is 569 g/mol. The molecule has 8 nitrogen and oxygen atoms in total. The number of nitrogens with zero attached hydrogens (tertiary/aromatic N) is 3. The maximum Gasteiger partial charge on any atom is 0.255 e. The van der Waals surface area contributed by atoms with E-state index >= 15 is 4.39 Å². The van der Waals surface area contributed by atoms with Crippen molar-refractivity contribution in [2.45, 2.75) is 32.4 Å². The fourth-order valence-electron chi connectivity index (χ4n) is 5.14. The average Bonchev–Trinajstić information content (AvgIpc) is 3.42. The number of carbonyl (C=O) groups is 1. The minimum atomic E-state index is -0.667. The quantitative estimate of drug-likeness (QED) is 0.250. The van der Waals surface area contributed by atoms with E-state index in [4.69, 9.17) is 4.74 Å². The molecule has 1 aliphatic heterocycles. The van der Waals surface area contributed by atoms with Gasteiger partial charge in [-0.15, -0.1) is 0 Å². The molecule has 0 spiro atoms. The Morgan fingerprint density at radius 3 is 2.55 bits per heavy atom. The van der Waals surface area contributed by atoms with Crippen molar-refractivity contribution in [3.63, 3.8) is 0 Å². The lowest BCUT2D eigenvalue weighted by molar-refractivity contribution is 0.0950. The molecule has 5 aromatic rings. The summed E-state index contributed by atoms with van der Waals surface area (Å²) in [5.41, 5.74) is 2.43. The predicted molar refractivity (Wildman–Crippen MR) is 155 cm³/mol. The number of ether oxygens (including phenoxy) is 1. The van der Waals surface area contributed by atoms with Gasteiger partial charge in [-0.3, -0.25) is 19.1 Å². The Kier molecular flexibility index (Phi) is 7.78. The number of carbonyl (C=O) groups excluding carboxylic acids is 1. The van der Waals surface area contributed by atoms with Crippen LogP contribution in [-0.4, -0.2) is 38.4 Å². The SMILES string of the molecule is O=C(NCc1ccc(F)cc1)c1ccc(=O)n(-c2ccc(Oc3ccnc4[nH]c(CN5CCCCC5)cc34)c(F)c2)c1. The number of amides is 1. The van der Waals surface area contributed by atoms with Crippen molar-refractivity contribution in [3.8, 4) is 17.2 Å². The Morgan fingerprint density at radius 2 is 1.76 bits per heavy atom. The number of pyridine rings is 2. The molecule has 2 aromatic carbocycles. The van der Waals surface area contributed by atoms with Crippen LogP contribution < -0.4 is 15.6 Å². The first-order valence-corrected chi connectivity index (χ1v) is 13.8. The minimum Gasteiger partial charge on any atom is -0.453 e. The number of nitrogens with one attached hydrogen (secondary N) is 2. The number of aromatic nitrogens is 3. The molecule has 0 bridgehead atoms. The van der Waals surface area contributed by atoms with Gasteiger partial charge in [0.2, 0.25) is 0 Å². The van der Waals surface area contributed by atoms with Gasteiger partial charge in [-0.2, -0.15) is 0 Å². The molecule has 0 aliphatic carbocycles. The lowest BCUT2D eigenvalue weighted by Crippen LogP contribution is -2.29. The normalized spacial score (nSPS) is 13.8. The summed E-state index contributed by atoms with van der Waals surface area (Å²) >= 11 is 0. The second-order valence-electron chi connectivity index (χ2n) is 10.4. The number of likely N-dealkylation sites (tertiary alicyclic amines) is 1. The van der Waals surface area contributed by atoms with E-state index < -0.39 is 17.3 Å². The third-order valence-electron chi connectivity index (χ3n) is 7.34. The van der Waals surface area contributed by atoms with Gasteiger partial charge in [0.25, 0.3) is 11.5 Å². The lowest BCUT2D eigenvalue weighted by atomic mass is 10.1. The Bertz CT molecular complexity index is 1790. The molecule has 1 amide bonds. The third-order valence-corrected chi connectivity index (χ3v) is 7.34. The van der Waals surface area contributed by atoms with E-state index in [0.29, 0.717) is 11.4 Å². The van der Waals surface area contributed by atoms with Crippen molar-refractivity contribution in [3.05, 3.63) is 118 Å². The number of aromatic amines is 1. The summed E-state index contributed by atoms with van der Waals surface area (Å²) < 4.78 is 35.6. The number of rotatable bonds is 8. The van der Waals surface area contributed by atoms with Gasteiger partial charge >= 0.3 is 0 Å². The van der Waals surface area contributed by atoms with Crippen LogP contribution in [0.1, 0.15) is 40.9 Å². The van der Waals surface area contributed by atoms with Crippen LogP contribution in [0.15, 0.2) is 83.9 Å². The van der Waals surface area contributed by atoms with E-state index in [-0.39, 0.29) is 29.4 Å². The van der Waals surface area contributed by atoms with Crippen molar-refractivity contribution in [1.82, 2.24) is 24.8 Å². The van der Waals surface area contributed by atoms with Gasteiger partial charge < -0.3 is 15.0 Å². The molecule has 6 rings (SSSR count). The molecule has 2 N–H and O–H groups in total. The highest BCUT2D eigenvalue weighted by Gasteiger charge is 2.16. The molecule has 1 fully saturated rings. The Morgan fingerprint density at radius 1 is 0.952 bits per heavy atom. The van der Waals surface area contributed by atoms with E-state index in [1.165, 1.54) is 66.4 Å². The number of piperidine rings is 1. The summed E-state index contributed by atoms with van der Waals surface area (Å²) in [5.74, 6) is -1.01. The molecule has 3 aromatic heterocycles. The molecule has 0 atom stereocenters. The van der Waals surface area contributed by atoms with Crippen molar-refractivity contribution < 1.29 is 18.3 Å². The van der Waals surface area contributed by atoms with E-state index in [1.807, 2.05) is 6.07 Å². The number of fused-ring (bicyclic) bond motifs is 1. The van der Waals surface area contributed by atoms with Gasteiger partial charge in [-0.25, -0.2) is 13.8 Å². The smallest absolute Gasteiger partial charge is 0.255 e. The standard InChI is InChI=1S/C32H29F2N5O3/c33-23-7-4-21(5-8-23)18-36-32(41)22-6-11-30(40)39(19-22)25-9-10-29(27(34)17-25)42-28-12-13-35-31-26(28)16-24(37-31)20-38-14-2-1-3-15-38/h4-13,16-17,19H,1-3,14-15,18,20H2,(H,35,37)(H,36,41). The summed E-state index contributed by atoms with van der Waals surface area (Å²) in [6.45, 7) is 3.10. The highest BCUT2D eigenvalue weighted by molar-refractivity contribution is 5.93. The number of hydrogen-bond donors (Lipinski definition) is 2. The van der Waals surface area contributed by atoms with Crippen LogP contribution in [0.2, 0.25) is 0 Å². The number of hydrogen-bond acceptors (Lipinski definition) is 5. The molecule has 10 heteroatoms. The molecule has 1 saturated heterocycles. The van der Waals surface area contributed by atoms with E-state index in [9.17, 15) is 14.0 Å². The molecular weight excluding hydrogens is 540 g/mol. The van der Waals surface area contributed by atoms with Crippen LogP contribution in [0.5, 0.6) is 11.5 Å². The number of H-pyrrole nitrogens is 1. The van der Waals surface area contributed by atoms with Crippen LogP contribution >= 0.6 is 0 Å². The zero-order valence-electron chi connectivity index (χ0n) is 22.8. The molecule has 4 heterocycles. The summed E-state index contributed by atoms with van der Waals surface area (Å²) in [6.07, 6.45) is 6.62. The lowest BCUT2D eigenvalue weighted by Gasteiger charge is -2.25. The fraction of sp³-hybridized carbons (Fsp3) is 0.219. The summed E-state index contributed by atoms with van der Waals surface area (Å²) in [4.78, 5) is 35.5. The predicted octanol–water partition coefficient (Wildman–Crippen LogP) is 5.70. The fourth-order valence-corrected chi connectivity index (χ4v) is 5.14. The number of benzene rings is 2. The summed E-state index contributed by atoms with van der Waals surface area (Å²) in [6, 6.07) is 16.3. The Labute approximate surface area is 240 Å². The molecule has 0 saturated carbocycles. The summed E-state index contributed by atoms with van der Waals surface area (Å²) in [7, 11) is 0. The van der Waals surface area contributed by atoms with Crippen LogP contribution in [0.3, 0.4) is 0 Å². The van der Waals surface area contributed by atoms with Gasteiger partial charge in [0.15, 0.2) is 11.6 Å². The zero-order chi connectivity index (χ0) is 29.1. The molecule has 0 radical (unpaired) electrons. The van der Waals surface area contributed by atoms with Crippen LogP contribution in [0.25, 0.3) is 16.7 Å². The van der Waals surface area contributed by atoms with Crippen molar-refractivity contribution in [2.24, 2.45) is 0 Å². The van der Waals surface area contributed by atoms with Crippen LogP contribution in [0.4, 0.5) is 8.78 Å². The van der Waals surface area contributed by atoms with Gasteiger partial charge in [-0.1, -0.05) is 18.6 Å². The molecular formula is C32H29F2N5O3. The van der Waals surface area contributed by atoms with E-state index in [0.717, 1.165) is 36.3 Å². The number of halogens is 2. The molecule has 0 unspecified atom stereocenters. The van der Waals surface area contributed by atoms with Gasteiger partial charge in [0, 0.05) is 43.3 Å². The van der Waals surface area contributed by atoms with Crippen molar-refractivity contribution >= 4 is 16.9 Å². The van der Waals surface area contributed by atoms with Crippen LogP contribution in [0, 0.1) is 11.6 Å². The molecule has 42 heavy (non-hydrogen) atoms. The Balaban J connectivity index is 1.19. The first-order valence-electron chi connectivity index (χ1n) is 13.8. The first-order chi connectivity index (χ1) is 20.4. The summed E-state index contributed by atoms with van der Waals surface area (Å²) in [5, 5.41) is 3.49. The van der Waals surface area contributed by atoms with Gasteiger partial charge in [-0.05, 0) is 74.0 Å². The van der Waals surface area contributed by atoms with E-state index in [2.05, 4.69) is 20.2 Å². The first kappa shape index (κ1) is 27.3. The van der Waals surface area contributed by atoms with Crippen LogP contribution in [-0.2, 0) is 13.1 Å². The maximum absolute atomic E-state index is 15.3. The minimum absolute atomic E-state index is 0.00808. The van der Waals surface area contributed by atoms with Gasteiger partial charge in [0.1, 0.15) is 17.2 Å². The second-order valence-corrected chi connectivity index (χ2v) is 10.4. The highest BCUT2D eigenvalue weighted by atomic mass is 19.1. The topological polar surface area (TPSA) is 92.2 Å². The second kappa shape index (κ2) is 12.0. The maximum atomic E-state index is 15.3. The zero-order valence-corrected chi connectivity index (χ0v) is 22.8. The molecule has 214 valence electrons. The van der Waals surface area contributed by atoms with Crippen molar-refractivity contribution in [1.29, 1.82) is 0 Å². The Hall–Kier alpha value is -4.83. The molecule has 1 aliphatic rings. The highest BCUT2D eigenvalue weighted by Crippen LogP contribution is 2.32. The van der Waals surface area contributed by atoms with Gasteiger partial charge in [0.05, 0.1) is 16.6 Å². The van der Waals surface area contributed by atoms with Crippen molar-refractivity contribution in [2.75, 3.05) is 13.1 Å².